The first-order valence-electron chi connectivity index (χ1n) is 5.43. The van der Waals surface area contributed by atoms with E-state index in [1.165, 1.54) is 19.2 Å². The lowest BCUT2D eigenvalue weighted by Gasteiger charge is -2.08. The Labute approximate surface area is 106 Å². The standard InChI is InChI=1S/C13H8FNO4/c1-15-12(18)8-9(13(15)19)11(17)7-5(10(8)16)3-2-4-6(7)14/h2-4,16-17H,1H3. The van der Waals surface area contributed by atoms with Crippen LogP contribution in [0.5, 0.6) is 11.5 Å². The molecule has 19 heavy (non-hydrogen) atoms. The highest BCUT2D eigenvalue weighted by Gasteiger charge is 2.40. The molecule has 0 atom stereocenters. The molecule has 0 bridgehead atoms. The molecule has 0 aromatic heterocycles. The molecular weight excluding hydrogens is 253 g/mol. The molecular formula is C13H8FNO4. The number of phenols is 2. The van der Waals surface area contributed by atoms with Gasteiger partial charge in [0.1, 0.15) is 17.3 Å². The molecule has 0 saturated carbocycles. The van der Waals surface area contributed by atoms with Crippen LogP contribution in [0.2, 0.25) is 0 Å². The fourth-order valence-electron chi connectivity index (χ4n) is 2.30. The Hall–Kier alpha value is -2.63. The fourth-order valence-corrected chi connectivity index (χ4v) is 2.30. The second-order valence-corrected chi connectivity index (χ2v) is 4.28. The molecule has 0 spiro atoms. The van der Waals surface area contributed by atoms with Crippen LogP contribution >= 0.6 is 0 Å². The minimum Gasteiger partial charge on any atom is -0.506 e. The lowest BCUT2D eigenvalue weighted by molar-refractivity contribution is 0.0692. The van der Waals surface area contributed by atoms with E-state index in [4.69, 9.17) is 0 Å². The molecule has 1 heterocycles. The van der Waals surface area contributed by atoms with E-state index in [9.17, 15) is 24.2 Å². The molecule has 96 valence electrons. The minimum atomic E-state index is -0.775. The Morgan fingerprint density at radius 3 is 2.26 bits per heavy atom. The van der Waals surface area contributed by atoms with E-state index < -0.39 is 29.1 Å². The molecule has 6 heteroatoms. The number of phenolic OH excluding ortho intramolecular Hbond substituents is 2. The molecule has 0 unspecified atom stereocenters. The first-order valence-corrected chi connectivity index (χ1v) is 5.43. The Balaban J connectivity index is 2.58. The molecule has 2 aromatic rings. The maximum absolute atomic E-state index is 13.7. The number of fused-ring (bicyclic) bond motifs is 2. The molecule has 2 amide bonds. The maximum atomic E-state index is 13.7. The van der Waals surface area contributed by atoms with E-state index in [0.717, 1.165) is 11.0 Å². The van der Waals surface area contributed by atoms with Gasteiger partial charge in [-0.05, 0) is 6.07 Å². The van der Waals surface area contributed by atoms with Crippen LogP contribution in [0.1, 0.15) is 20.7 Å². The highest BCUT2D eigenvalue weighted by atomic mass is 19.1. The van der Waals surface area contributed by atoms with E-state index >= 15 is 0 Å². The zero-order chi connectivity index (χ0) is 13.9. The van der Waals surface area contributed by atoms with Crippen LogP contribution < -0.4 is 0 Å². The average molecular weight is 261 g/mol. The van der Waals surface area contributed by atoms with Gasteiger partial charge >= 0.3 is 0 Å². The van der Waals surface area contributed by atoms with Crippen molar-refractivity contribution in [2.75, 3.05) is 7.05 Å². The van der Waals surface area contributed by atoms with Crippen molar-refractivity contribution in [1.82, 2.24) is 4.90 Å². The first kappa shape index (κ1) is 11.5. The molecule has 2 N–H and O–H groups in total. The summed E-state index contributed by atoms with van der Waals surface area (Å²) in [6, 6.07) is 3.80. The number of hydrogen-bond acceptors (Lipinski definition) is 4. The molecule has 5 nitrogen and oxygen atoms in total. The van der Waals surface area contributed by atoms with Crippen LogP contribution in [-0.4, -0.2) is 34.0 Å². The van der Waals surface area contributed by atoms with Gasteiger partial charge in [0.05, 0.1) is 16.5 Å². The van der Waals surface area contributed by atoms with Crippen LogP contribution in [0, 0.1) is 5.82 Å². The van der Waals surface area contributed by atoms with Crippen molar-refractivity contribution in [3.63, 3.8) is 0 Å². The summed E-state index contributed by atoms with van der Waals surface area (Å²) in [4.78, 5) is 24.5. The van der Waals surface area contributed by atoms with Gasteiger partial charge in [0.15, 0.2) is 0 Å². The average Bonchev–Trinajstić information content (AvgIpc) is 2.61. The number of carbonyl (C=O) groups is 2. The van der Waals surface area contributed by atoms with Crippen molar-refractivity contribution in [1.29, 1.82) is 0 Å². The number of aromatic hydroxyl groups is 2. The second-order valence-electron chi connectivity index (χ2n) is 4.28. The number of carbonyl (C=O) groups excluding carboxylic acids is 2. The molecule has 0 aliphatic carbocycles. The first-order chi connectivity index (χ1) is 8.95. The summed E-state index contributed by atoms with van der Waals surface area (Å²) in [7, 11) is 1.23. The summed E-state index contributed by atoms with van der Waals surface area (Å²) < 4.78 is 13.7. The lowest BCUT2D eigenvalue weighted by atomic mass is 9.99. The molecule has 0 saturated heterocycles. The number of imide groups is 1. The van der Waals surface area contributed by atoms with Gasteiger partial charge < -0.3 is 10.2 Å². The number of benzene rings is 2. The highest BCUT2D eigenvalue weighted by molar-refractivity contribution is 6.26. The van der Waals surface area contributed by atoms with E-state index in [2.05, 4.69) is 0 Å². The van der Waals surface area contributed by atoms with E-state index in [1.54, 1.807) is 0 Å². The third-order valence-electron chi connectivity index (χ3n) is 3.27. The Morgan fingerprint density at radius 2 is 1.63 bits per heavy atom. The predicted molar refractivity (Wildman–Crippen MR) is 63.7 cm³/mol. The van der Waals surface area contributed by atoms with E-state index in [1.807, 2.05) is 0 Å². The van der Waals surface area contributed by atoms with Crippen molar-refractivity contribution >= 4 is 22.6 Å². The third kappa shape index (κ3) is 1.22. The number of rotatable bonds is 0. The molecule has 0 fully saturated rings. The van der Waals surface area contributed by atoms with Gasteiger partial charge in [-0.1, -0.05) is 12.1 Å². The third-order valence-corrected chi connectivity index (χ3v) is 3.27. The van der Waals surface area contributed by atoms with Crippen molar-refractivity contribution in [3.05, 3.63) is 35.1 Å². The molecule has 2 aromatic carbocycles. The monoisotopic (exact) mass is 261 g/mol. The van der Waals surface area contributed by atoms with Crippen LogP contribution in [0.4, 0.5) is 4.39 Å². The van der Waals surface area contributed by atoms with Crippen LogP contribution in [0.15, 0.2) is 18.2 Å². The predicted octanol–water partition coefficient (Wildman–Crippen LogP) is 1.62. The summed E-state index contributed by atoms with van der Waals surface area (Å²) in [5, 5.41) is 19.8. The number of amides is 2. The van der Waals surface area contributed by atoms with Crippen molar-refractivity contribution in [2.24, 2.45) is 0 Å². The van der Waals surface area contributed by atoms with Gasteiger partial charge in [-0.2, -0.15) is 0 Å². The van der Waals surface area contributed by atoms with Gasteiger partial charge in [0.25, 0.3) is 11.8 Å². The smallest absolute Gasteiger partial charge is 0.265 e. The molecule has 3 rings (SSSR count). The minimum absolute atomic E-state index is 0.00676. The van der Waals surface area contributed by atoms with Gasteiger partial charge in [-0.3, -0.25) is 14.5 Å². The summed E-state index contributed by atoms with van der Waals surface area (Å²) in [6.45, 7) is 0. The van der Waals surface area contributed by atoms with Gasteiger partial charge in [0.2, 0.25) is 0 Å². The fraction of sp³-hybridized carbons (Fsp3) is 0.0769. The highest BCUT2D eigenvalue weighted by Crippen LogP contribution is 2.44. The Morgan fingerprint density at radius 1 is 1.05 bits per heavy atom. The van der Waals surface area contributed by atoms with Crippen LogP contribution in [0.3, 0.4) is 0 Å². The maximum Gasteiger partial charge on any atom is 0.265 e. The van der Waals surface area contributed by atoms with Crippen molar-refractivity contribution in [2.45, 2.75) is 0 Å². The summed E-state index contributed by atoms with van der Waals surface area (Å²) in [5.41, 5.74) is -0.648. The van der Waals surface area contributed by atoms with E-state index in [-0.39, 0.29) is 21.9 Å². The molecule has 0 radical (unpaired) electrons. The van der Waals surface area contributed by atoms with Crippen molar-refractivity contribution in [3.8, 4) is 11.5 Å². The lowest BCUT2D eigenvalue weighted by Crippen LogP contribution is -2.24. The number of hydrogen-bond donors (Lipinski definition) is 2. The zero-order valence-corrected chi connectivity index (χ0v) is 9.77. The largest absolute Gasteiger partial charge is 0.506 e. The van der Waals surface area contributed by atoms with E-state index in [0.29, 0.717) is 0 Å². The Bertz CT molecular complexity index is 769. The summed E-state index contributed by atoms with van der Waals surface area (Å²) >= 11 is 0. The Kier molecular flexibility index (Phi) is 2.08. The quantitative estimate of drug-likeness (QED) is 0.558. The zero-order valence-electron chi connectivity index (χ0n) is 9.77. The van der Waals surface area contributed by atoms with Gasteiger partial charge in [-0.25, -0.2) is 4.39 Å². The normalized spacial score (nSPS) is 14.3. The SMILES string of the molecule is CN1C(=O)c2c(c(O)c3c(F)cccc3c2O)C1=O. The summed E-state index contributed by atoms with van der Waals surface area (Å²) in [5.74, 6) is -3.38. The van der Waals surface area contributed by atoms with Gasteiger partial charge in [0, 0.05) is 12.4 Å². The summed E-state index contributed by atoms with van der Waals surface area (Å²) in [6.07, 6.45) is 0. The number of nitrogens with zero attached hydrogens (tertiary/aromatic N) is 1. The van der Waals surface area contributed by atoms with Crippen LogP contribution in [-0.2, 0) is 0 Å². The van der Waals surface area contributed by atoms with Crippen molar-refractivity contribution < 1.29 is 24.2 Å². The number of halogens is 1. The second kappa shape index (κ2) is 3.44. The molecule has 1 aliphatic heterocycles. The van der Waals surface area contributed by atoms with Crippen LogP contribution in [0.25, 0.3) is 10.8 Å². The molecule has 1 aliphatic rings. The van der Waals surface area contributed by atoms with Gasteiger partial charge in [-0.15, -0.1) is 0 Å². The topological polar surface area (TPSA) is 77.8 Å².